The maximum atomic E-state index is 12.3. The van der Waals surface area contributed by atoms with Gasteiger partial charge in [0, 0.05) is 43.5 Å². The lowest BCUT2D eigenvalue weighted by molar-refractivity contribution is 0.0942. The summed E-state index contributed by atoms with van der Waals surface area (Å²) in [5, 5.41) is 3.25. The molecule has 27 heavy (non-hydrogen) atoms. The van der Waals surface area contributed by atoms with Crippen molar-refractivity contribution in [2.45, 2.75) is 26.0 Å². The topological polar surface area (TPSA) is 63.7 Å². The van der Waals surface area contributed by atoms with Gasteiger partial charge in [-0.15, -0.1) is 0 Å². The van der Waals surface area contributed by atoms with E-state index < -0.39 is 0 Å². The van der Waals surface area contributed by atoms with Crippen molar-refractivity contribution in [3.8, 4) is 11.5 Å². The molecule has 0 aliphatic carbocycles. The SMILES string of the molecule is CC[C@@H]1CN(CCNC(=O)c2ccnc(Cl)c2)Cc2cc(OC)ccc2O1. The monoisotopic (exact) mass is 389 g/mol. The Hall–Kier alpha value is -2.31. The number of carbonyl (C=O) groups is 1. The summed E-state index contributed by atoms with van der Waals surface area (Å²) in [5.74, 6) is 1.57. The van der Waals surface area contributed by atoms with Gasteiger partial charge in [-0.3, -0.25) is 9.69 Å². The fraction of sp³-hybridized carbons (Fsp3) is 0.400. The molecule has 1 N–H and O–H groups in total. The number of ether oxygens (including phenoxy) is 2. The highest BCUT2D eigenvalue weighted by molar-refractivity contribution is 6.29. The highest BCUT2D eigenvalue weighted by Crippen LogP contribution is 2.29. The molecule has 1 atom stereocenters. The lowest BCUT2D eigenvalue weighted by Gasteiger charge is -2.23. The van der Waals surface area contributed by atoms with Crippen LogP contribution < -0.4 is 14.8 Å². The number of halogens is 1. The number of methoxy groups -OCH3 is 1. The molecule has 0 fully saturated rings. The summed E-state index contributed by atoms with van der Waals surface area (Å²) in [5.41, 5.74) is 1.60. The molecule has 1 aromatic carbocycles. The Morgan fingerprint density at radius 2 is 2.26 bits per heavy atom. The van der Waals surface area contributed by atoms with Crippen LogP contribution in [0.1, 0.15) is 29.3 Å². The molecule has 1 aliphatic heterocycles. The smallest absolute Gasteiger partial charge is 0.251 e. The van der Waals surface area contributed by atoms with Crippen molar-refractivity contribution in [2.24, 2.45) is 0 Å². The maximum absolute atomic E-state index is 12.3. The molecule has 1 aliphatic rings. The number of hydrogen-bond donors (Lipinski definition) is 1. The molecule has 0 saturated heterocycles. The zero-order chi connectivity index (χ0) is 19.2. The summed E-state index contributed by atoms with van der Waals surface area (Å²) < 4.78 is 11.5. The maximum Gasteiger partial charge on any atom is 0.251 e. The van der Waals surface area contributed by atoms with Crippen LogP contribution in [0.15, 0.2) is 36.5 Å². The van der Waals surface area contributed by atoms with Gasteiger partial charge in [-0.1, -0.05) is 18.5 Å². The Labute approximate surface area is 164 Å². The number of nitrogens with one attached hydrogen (secondary N) is 1. The van der Waals surface area contributed by atoms with E-state index in [1.807, 2.05) is 18.2 Å². The fourth-order valence-electron chi connectivity index (χ4n) is 3.09. The number of aromatic nitrogens is 1. The van der Waals surface area contributed by atoms with E-state index in [2.05, 4.69) is 22.1 Å². The summed E-state index contributed by atoms with van der Waals surface area (Å²) in [7, 11) is 1.66. The molecular weight excluding hydrogens is 366 g/mol. The third kappa shape index (κ3) is 5.11. The number of fused-ring (bicyclic) bond motifs is 1. The number of pyridine rings is 1. The predicted octanol–water partition coefficient (Wildman–Crippen LogP) is 3.15. The van der Waals surface area contributed by atoms with Crippen LogP contribution in [-0.4, -0.2) is 48.6 Å². The Morgan fingerprint density at radius 1 is 1.41 bits per heavy atom. The van der Waals surface area contributed by atoms with Gasteiger partial charge in [0.25, 0.3) is 5.91 Å². The van der Waals surface area contributed by atoms with Crippen LogP contribution in [0, 0.1) is 0 Å². The second-order valence-corrected chi connectivity index (χ2v) is 6.87. The Bertz CT molecular complexity index is 800. The van der Waals surface area contributed by atoms with E-state index in [-0.39, 0.29) is 12.0 Å². The van der Waals surface area contributed by atoms with Crippen LogP contribution in [0.4, 0.5) is 0 Å². The first-order valence-electron chi connectivity index (χ1n) is 9.04. The fourth-order valence-corrected chi connectivity index (χ4v) is 3.26. The summed E-state index contributed by atoms with van der Waals surface area (Å²) in [6.45, 7) is 4.94. The summed E-state index contributed by atoms with van der Waals surface area (Å²) in [6.07, 6.45) is 2.57. The minimum atomic E-state index is -0.153. The number of carbonyl (C=O) groups excluding carboxylic acids is 1. The normalized spacial score (nSPS) is 16.8. The van der Waals surface area contributed by atoms with Gasteiger partial charge in [0.15, 0.2) is 0 Å². The van der Waals surface area contributed by atoms with Crippen molar-refractivity contribution in [1.29, 1.82) is 0 Å². The molecule has 6 nitrogen and oxygen atoms in total. The first-order valence-corrected chi connectivity index (χ1v) is 9.42. The van der Waals surface area contributed by atoms with E-state index in [0.717, 1.165) is 43.1 Å². The van der Waals surface area contributed by atoms with Gasteiger partial charge < -0.3 is 14.8 Å². The van der Waals surface area contributed by atoms with Crippen molar-refractivity contribution >= 4 is 17.5 Å². The number of nitrogens with zero attached hydrogens (tertiary/aromatic N) is 2. The zero-order valence-electron chi connectivity index (χ0n) is 15.6. The Balaban J connectivity index is 1.62. The highest BCUT2D eigenvalue weighted by Gasteiger charge is 2.22. The lowest BCUT2D eigenvalue weighted by Crippen LogP contribution is -2.38. The molecule has 2 aromatic rings. The van der Waals surface area contributed by atoms with Crippen LogP contribution in [-0.2, 0) is 6.54 Å². The van der Waals surface area contributed by atoms with E-state index in [0.29, 0.717) is 17.3 Å². The van der Waals surface area contributed by atoms with Crippen LogP contribution >= 0.6 is 11.6 Å². The van der Waals surface area contributed by atoms with Crippen molar-refractivity contribution in [3.05, 3.63) is 52.8 Å². The van der Waals surface area contributed by atoms with Crippen LogP contribution in [0.3, 0.4) is 0 Å². The highest BCUT2D eigenvalue weighted by atomic mass is 35.5. The molecule has 3 rings (SSSR count). The van der Waals surface area contributed by atoms with Gasteiger partial charge in [0.2, 0.25) is 0 Å². The molecule has 0 bridgehead atoms. The standard InChI is InChI=1S/C20H24ClN3O3/c1-3-16-13-24(12-15-10-17(26-2)4-5-18(15)27-16)9-8-23-20(25)14-6-7-22-19(21)11-14/h4-7,10-11,16H,3,8-9,12-13H2,1-2H3,(H,23,25)/t16-/m1/s1. The van der Waals surface area contributed by atoms with E-state index in [1.54, 1.807) is 19.2 Å². The average molecular weight is 390 g/mol. The van der Waals surface area contributed by atoms with Gasteiger partial charge in [0.05, 0.1) is 7.11 Å². The number of hydrogen-bond acceptors (Lipinski definition) is 5. The van der Waals surface area contributed by atoms with Crippen LogP contribution in [0.5, 0.6) is 11.5 Å². The molecule has 2 heterocycles. The minimum absolute atomic E-state index is 0.120. The summed E-state index contributed by atoms with van der Waals surface area (Å²) in [4.78, 5) is 18.4. The van der Waals surface area contributed by atoms with E-state index >= 15 is 0 Å². The third-order valence-electron chi connectivity index (χ3n) is 4.57. The van der Waals surface area contributed by atoms with Gasteiger partial charge in [-0.05, 0) is 36.8 Å². The second-order valence-electron chi connectivity index (χ2n) is 6.48. The van der Waals surface area contributed by atoms with E-state index in [9.17, 15) is 4.79 Å². The Morgan fingerprint density at radius 3 is 3.00 bits per heavy atom. The molecule has 0 spiro atoms. The molecule has 0 unspecified atom stereocenters. The quantitative estimate of drug-likeness (QED) is 0.769. The van der Waals surface area contributed by atoms with E-state index in [1.165, 1.54) is 6.20 Å². The lowest BCUT2D eigenvalue weighted by atomic mass is 10.2. The van der Waals surface area contributed by atoms with Gasteiger partial charge in [0.1, 0.15) is 22.8 Å². The van der Waals surface area contributed by atoms with Crippen molar-refractivity contribution in [1.82, 2.24) is 15.2 Å². The predicted molar refractivity (Wildman–Crippen MR) is 105 cm³/mol. The number of benzene rings is 1. The molecule has 1 amide bonds. The summed E-state index contributed by atoms with van der Waals surface area (Å²) in [6, 6.07) is 9.11. The minimum Gasteiger partial charge on any atom is -0.497 e. The third-order valence-corrected chi connectivity index (χ3v) is 4.78. The Kier molecular flexibility index (Phi) is 6.53. The number of amides is 1. The largest absolute Gasteiger partial charge is 0.497 e. The van der Waals surface area contributed by atoms with Crippen molar-refractivity contribution < 1.29 is 14.3 Å². The molecule has 7 heteroatoms. The molecule has 0 radical (unpaired) electrons. The van der Waals surface area contributed by atoms with Gasteiger partial charge >= 0.3 is 0 Å². The van der Waals surface area contributed by atoms with E-state index in [4.69, 9.17) is 21.1 Å². The second kappa shape index (κ2) is 9.06. The van der Waals surface area contributed by atoms with Gasteiger partial charge in [-0.25, -0.2) is 4.98 Å². The van der Waals surface area contributed by atoms with Crippen molar-refractivity contribution in [3.63, 3.8) is 0 Å². The first kappa shape index (κ1) is 19.5. The molecular formula is C20H24ClN3O3. The van der Waals surface area contributed by atoms with Crippen LogP contribution in [0.25, 0.3) is 0 Å². The van der Waals surface area contributed by atoms with Gasteiger partial charge in [-0.2, -0.15) is 0 Å². The van der Waals surface area contributed by atoms with Crippen molar-refractivity contribution in [2.75, 3.05) is 26.7 Å². The zero-order valence-corrected chi connectivity index (χ0v) is 16.3. The van der Waals surface area contributed by atoms with Crippen LogP contribution in [0.2, 0.25) is 5.15 Å². The first-order chi connectivity index (χ1) is 13.1. The number of rotatable bonds is 6. The molecule has 1 aromatic heterocycles. The molecule has 144 valence electrons. The average Bonchev–Trinajstić information content (AvgIpc) is 2.85. The molecule has 0 saturated carbocycles. The summed E-state index contributed by atoms with van der Waals surface area (Å²) >= 11 is 5.84.